The van der Waals surface area contributed by atoms with Gasteiger partial charge in [-0.2, -0.15) is 0 Å². The highest BCUT2D eigenvalue weighted by Gasteiger charge is 2.39. The number of methoxy groups -OCH3 is 1. The lowest BCUT2D eigenvalue weighted by molar-refractivity contribution is -0.136. The zero-order chi connectivity index (χ0) is 25.2. The smallest absolute Gasteiger partial charge is 0.255 e. The summed E-state index contributed by atoms with van der Waals surface area (Å²) in [5.74, 6) is 0.689. The molecule has 3 heterocycles. The number of nitrogens with one attached hydrogen (secondary N) is 1. The average Bonchev–Trinajstić information content (AvgIpc) is 3.20. The molecular weight excluding hydrogens is 458 g/mol. The third-order valence-electron chi connectivity index (χ3n) is 8.64. The van der Waals surface area contributed by atoms with Crippen LogP contribution in [0.2, 0.25) is 0 Å². The van der Waals surface area contributed by atoms with Crippen LogP contribution in [0.4, 0.5) is 0 Å². The van der Waals surface area contributed by atoms with E-state index in [9.17, 15) is 14.4 Å². The predicted octanol–water partition coefficient (Wildman–Crippen LogP) is 3.27. The van der Waals surface area contributed by atoms with E-state index in [-0.39, 0.29) is 30.2 Å². The standard InChI is InChI=1S/C28H39N3O5/c1-18(24-5-3-4-14-30(24)16-19-6-8-21(35-2)9-7-19)36-22-10-11-23-20(15-22)17-31(28(23)34)25-12-13-26(32)29-27(25)33/h10-11,15,18-19,21,24-25H,3-9,12-14,16-17H2,1-2H3,(H,29,32,33)/t18-,19?,21?,24?,25?/m1/s1. The topological polar surface area (TPSA) is 88.2 Å². The number of ether oxygens (including phenoxy) is 2. The SMILES string of the molecule is COC1CCC(CN2CCCCC2[C@@H](C)Oc2ccc3c(c2)CN(C2CCC(=O)NC2=O)C3=O)CC1. The number of likely N-dealkylation sites (tertiary alicyclic amines) is 1. The molecule has 4 aliphatic rings. The van der Waals surface area contributed by atoms with Crippen LogP contribution in [-0.4, -0.2) is 72.0 Å². The van der Waals surface area contributed by atoms with Crippen molar-refractivity contribution >= 4 is 17.7 Å². The monoisotopic (exact) mass is 497 g/mol. The highest BCUT2D eigenvalue weighted by Crippen LogP contribution is 2.33. The van der Waals surface area contributed by atoms with Gasteiger partial charge in [-0.15, -0.1) is 0 Å². The van der Waals surface area contributed by atoms with Gasteiger partial charge in [-0.05, 0) is 88.1 Å². The molecule has 3 atom stereocenters. The Morgan fingerprint density at radius 3 is 2.61 bits per heavy atom. The van der Waals surface area contributed by atoms with Crippen LogP contribution in [0.5, 0.6) is 5.75 Å². The van der Waals surface area contributed by atoms with Gasteiger partial charge in [0.2, 0.25) is 11.8 Å². The van der Waals surface area contributed by atoms with Crippen molar-refractivity contribution in [2.45, 2.75) is 95.5 Å². The van der Waals surface area contributed by atoms with E-state index in [2.05, 4.69) is 17.1 Å². The maximum Gasteiger partial charge on any atom is 0.255 e. The summed E-state index contributed by atoms with van der Waals surface area (Å²) in [6.07, 6.45) is 9.51. The molecule has 3 amide bonds. The zero-order valence-corrected chi connectivity index (χ0v) is 21.5. The molecule has 36 heavy (non-hydrogen) atoms. The number of nitrogens with zero attached hydrogens (tertiary/aromatic N) is 2. The van der Waals surface area contributed by atoms with Gasteiger partial charge < -0.3 is 14.4 Å². The van der Waals surface area contributed by atoms with Gasteiger partial charge >= 0.3 is 0 Å². The lowest BCUT2D eigenvalue weighted by Crippen LogP contribution is -2.52. The van der Waals surface area contributed by atoms with Gasteiger partial charge in [-0.3, -0.25) is 24.6 Å². The van der Waals surface area contributed by atoms with Crippen molar-refractivity contribution in [3.8, 4) is 5.75 Å². The largest absolute Gasteiger partial charge is 0.489 e. The Morgan fingerprint density at radius 2 is 1.86 bits per heavy atom. The van der Waals surface area contributed by atoms with Crippen LogP contribution in [0.25, 0.3) is 0 Å². The van der Waals surface area contributed by atoms with E-state index in [1.165, 1.54) is 25.7 Å². The number of rotatable bonds is 7. The fraction of sp³-hybridized carbons (Fsp3) is 0.679. The van der Waals surface area contributed by atoms with Crippen LogP contribution in [0.1, 0.15) is 80.6 Å². The Bertz CT molecular complexity index is 989. The van der Waals surface area contributed by atoms with Crippen molar-refractivity contribution in [3.63, 3.8) is 0 Å². The van der Waals surface area contributed by atoms with Crippen LogP contribution in [-0.2, 0) is 20.9 Å². The Balaban J connectivity index is 1.21. The Morgan fingerprint density at radius 1 is 1.06 bits per heavy atom. The number of carbonyl (C=O) groups excluding carboxylic acids is 3. The first-order valence-corrected chi connectivity index (χ1v) is 13.6. The van der Waals surface area contributed by atoms with Gasteiger partial charge in [-0.25, -0.2) is 0 Å². The summed E-state index contributed by atoms with van der Waals surface area (Å²) in [5.41, 5.74) is 1.50. The molecule has 0 radical (unpaired) electrons. The first-order chi connectivity index (χ1) is 17.4. The molecule has 3 aliphatic heterocycles. The normalized spacial score (nSPS) is 30.2. The van der Waals surface area contributed by atoms with Gasteiger partial charge in [0.1, 0.15) is 17.9 Å². The third-order valence-corrected chi connectivity index (χ3v) is 8.64. The van der Waals surface area contributed by atoms with Crippen LogP contribution in [0, 0.1) is 5.92 Å². The minimum Gasteiger partial charge on any atom is -0.489 e. The molecule has 1 aliphatic carbocycles. The molecular formula is C28H39N3O5. The summed E-state index contributed by atoms with van der Waals surface area (Å²) in [5, 5.41) is 2.36. The second-order valence-corrected chi connectivity index (χ2v) is 11.0. The van der Waals surface area contributed by atoms with Crippen LogP contribution in [0.15, 0.2) is 18.2 Å². The number of carbonyl (C=O) groups is 3. The van der Waals surface area contributed by atoms with E-state index in [1.807, 2.05) is 25.3 Å². The summed E-state index contributed by atoms with van der Waals surface area (Å²) in [4.78, 5) is 41.0. The Labute approximate surface area is 213 Å². The number of hydrogen-bond donors (Lipinski definition) is 1. The van der Waals surface area contributed by atoms with Crippen molar-refractivity contribution in [1.29, 1.82) is 0 Å². The molecule has 0 aromatic heterocycles. The predicted molar refractivity (Wildman–Crippen MR) is 135 cm³/mol. The summed E-state index contributed by atoms with van der Waals surface area (Å²) in [7, 11) is 1.83. The number of benzene rings is 1. The number of amides is 3. The molecule has 0 spiro atoms. The van der Waals surface area contributed by atoms with E-state index < -0.39 is 6.04 Å². The number of hydrogen-bond acceptors (Lipinski definition) is 6. The van der Waals surface area contributed by atoms with E-state index >= 15 is 0 Å². The quantitative estimate of drug-likeness (QED) is 0.582. The second kappa shape index (κ2) is 10.9. The molecule has 1 saturated carbocycles. The highest BCUT2D eigenvalue weighted by molar-refractivity contribution is 6.05. The molecule has 2 unspecified atom stereocenters. The van der Waals surface area contributed by atoms with Gasteiger partial charge in [0.15, 0.2) is 0 Å². The molecule has 5 rings (SSSR count). The van der Waals surface area contributed by atoms with Gasteiger partial charge in [0.05, 0.1) is 6.10 Å². The van der Waals surface area contributed by atoms with Gasteiger partial charge in [0, 0.05) is 38.2 Å². The molecule has 8 heteroatoms. The van der Waals surface area contributed by atoms with Crippen LogP contribution >= 0.6 is 0 Å². The summed E-state index contributed by atoms with van der Waals surface area (Å²) in [6.45, 7) is 4.79. The number of imide groups is 1. The molecule has 196 valence electrons. The molecule has 2 saturated heterocycles. The second-order valence-electron chi connectivity index (χ2n) is 11.0. The third kappa shape index (κ3) is 5.30. The molecule has 3 fully saturated rings. The maximum absolute atomic E-state index is 13.0. The van der Waals surface area contributed by atoms with Crippen molar-refractivity contribution < 1.29 is 23.9 Å². The van der Waals surface area contributed by atoms with E-state index in [0.29, 0.717) is 30.7 Å². The van der Waals surface area contributed by atoms with Crippen molar-refractivity contribution in [1.82, 2.24) is 15.1 Å². The van der Waals surface area contributed by atoms with Crippen LogP contribution < -0.4 is 10.1 Å². The molecule has 1 aromatic rings. The number of fused-ring (bicyclic) bond motifs is 1. The maximum atomic E-state index is 13.0. The molecule has 0 bridgehead atoms. The van der Waals surface area contributed by atoms with E-state index in [1.54, 1.807) is 4.90 Å². The highest BCUT2D eigenvalue weighted by atomic mass is 16.5. The zero-order valence-electron chi connectivity index (χ0n) is 21.5. The number of piperidine rings is 2. The summed E-state index contributed by atoms with van der Waals surface area (Å²) < 4.78 is 12.0. The van der Waals surface area contributed by atoms with Gasteiger partial charge in [0.25, 0.3) is 5.91 Å². The van der Waals surface area contributed by atoms with E-state index in [0.717, 1.165) is 49.6 Å². The minimum absolute atomic E-state index is 0.0435. The van der Waals surface area contributed by atoms with Crippen molar-refractivity contribution in [2.24, 2.45) is 5.92 Å². The van der Waals surface area contributed by atoms with E-state index in [4.69, 9.17) is 9.47 Å². The molecule has 8 nitrogen and oxygen atoms in total. The lowest BCUT2D eigenvalue weighted by Gasteiger charge is -2.41. The first-order valence-electron chi connectivity index (χ1n) is 13.6. The Hall–Kier alpha value is -2.45. The Kier molecular flexibility index (Phi) is 7.62. The van der Waals surface area contributed by atoms with Gasteiger partial charge in [-0.1, -0.05) is 6.42 Å². The fourth-order valence-electron chi connectivity index (χ4n) is 6.57. The summed E-state index contributed by atoms with van der Waals surface area (Å²) in [6, 6.07) is 5.43. The molecule has 1 aromatic carbocycles. The minimum atomic E-state index is -0.597. The average molecular weight is 498 g/mol. The fourth-order valence-corrected chi connectivity index (χ4v) is 6.57. The van der Waals surface area contributed by atoms with Crippen LogP contribution in [0.3, 0.4) is 0 Å². The summed E-state index contributed by atoms with van der Waals surface area (Å²) >= 11 is 0. The van der Waals surface area contributed by atoms with Crippen molar-refractivity contribution in [3.05, 3.63) is 29.3 Å². The molecule has 1 N–H and O–H groups in total. The lowest BCUT2D eigenvalue weighted by atomic mass is 9.85. The van der Waals surface area contributed by atoms with Crippen molar-refractivity contribution in [2.75, 3.05) is 20.2 Å². The first kappa shape index (κ1) is 25.2.